The van der Waals surface area contributed by atoms with Crippen LogP contribution in [0.5, 0.6) is 0 Å². The summed E-state index contributed by atoms with van der Waals surface area (Å²) in [6, 6.07) is 0. The molecule has 232 valence electrons. The van der Waals surface area contributed by atoms with Gasteiger partial charge < -0.3 is 39.6 Å². The maximum Gasteiger partial charge on any atom is 2.00 e. The molecule has 0 aromatic rings. The van der Waals surface area contributed by atoms with Crippen LogP contribution in [0, 0.1) is 0 Å². The fraction of sp³-hybridized carbons (Fsp3) is 0.750. The van der Waals surface area contributed by atoms with Gasteiger partial charge in [0.2, 0.25) is 0 Å². The molecular weight excluding hydrogens is 593 g/mol. The predicted octanol–water partition coefficient (Wildman–Crippen LogP) is 2.69. The van der Waals surface area contributed by atoms with Crippen LogP contribution in [-0.4, -0.2) is 99.4 Å². The van der Waals surface area contributed by atoms with Gasteiger partial charge in [-0.2, -0.15) is 0 Å². The van der Waals surface area contributed by atoms with Crippen LogP contribution >= 0.6 is 0 Å². The van der Waals surface area contributed by atoms with E-state index in [0.717, 1.165) is 38.5 Å². The van der Waals surface area contributed by atoms with Crippen molar-refractivity contribution < 1.29 is 39.6 Å². The number of unbranched alkanes of at least 4 members (excludes halogenated alkanes) is 18. The summed E-state index contributed by atoms with van der Waals surface area (Å²) in [6.07, 6.45) is 24.8. The van der Waals surface area contributed by atoms with E-state index < -0.39 is 23.9 Å². The van der Waals surface area contributed by atoms with Crippen molar-refractivity contribution in [3.8, 4) is 0 Å². The number of hydrogen-bond donors (Lipinski definition) is 0. The topological polar surface area (TPSA) is 161 Å². The Labute approximate surface area is 314 Å². The van der Waals surface area contributed by atoms with Crippen LogP contribution in [0.1, 0.15) is 155 Å². The van der Waals surface area contributed by atoms with Crippen LogP contribution in [-0.2, 0) is 19.2 Å². The standard InChI is InChI=1S/2C16H28O4.2Ca/c2*1-2-3-4-5-6-7-8-9-10-11-12-14(16(19)20)13-15(17)18;;/h2*13H,2-12H2,1H3,(H,17,18)(H,19,20);;/q;;2*+2/p-4. The molecule has 0 heterocycles. The van der Waals surface area contributed by atoms with Crippen molar-refractivity contribution in [2.75, 3.05) is 0 Å². The van der Waals surface area contributed by atoms with Gasteiger partial charge in [-0.3, -0.25) is 0 Å². The molecule has 0 aromatic carbocycles. The minimum atomic E-state index is -1.48. The third-order valence-corrected chi connectivity index (χ3v) is 6.71. The minimum absolute atomic E-state index is 0. The summed E-state index contributed by atoms with van der Waals surface area (Å²) in [4.78, 5) is 41.9. The van der Waals surface area contributed by atoms with Gasteiger partial charge in [-0.25, -0.2) is 0 Å². The van der Waals surface area contributed by atoms with Crippen LogP contribution in [0.2, 0.25) is 0 Å². The summed E-state index contributed by atoms with van der Waals surface area (Å²) in [5, 5.41) is 41.9. The second-order valence-electron chi connectivity index (χ2n) is 10.4. The quantitative estimate of drug-likeness (QED) is 0.0789. The van der Waals surface area contributed by atoms with Crippen LogP contribution in [0.3, 0.4) is 0 Å². The normalized spacial score (nSPS) is 11.0. The SMILES string of the molecule is CCCCCCCCCCCCC(=CC(=O)[O-])C(=O)[O-].CCCCCCCCCCCCC(=CC(=O)[O-])C(=O)[O-].[Ca+2].[Ca+2]. The summed E-state index contributed by atoms with van der Waals surface area (Å²) in [7, 11) is 0. The molecule has 0 bridgehead atoms. The zero-order chi connectivity index (χ0) is 30.4. The average Bonchev–Trinajstić information content (AvgIpc) is 2.89. The molecule has 0 aliphatic carbocycles. The molecule has 0 unspecified atom stereocenters. The molecule has 0 aliphatic rings. The van der Waals surface area contributed by atoms with Crippen molar-refractivity contribution >= 4 is 99.4 Å². The van der Waals surface area contributed by atoms with Gasteiger partial charge in [-0.1, -0.05) is 129 Å². The minimum Gasteiger partial charge on any atom is -0.545 e. The van der Waals surface area contributed by atoms with E-state index in [9.17, 15) is 39.6 Å². The van der Waals surface area contributed by atoms with Crippen molar-refractivity contribution in [2.45, 2.75) is 155 Å². The molecule has 0 atom stereocenters. The second kappa shape index (κ2) is 37.1. The van der Waals surface area contributed by atoms with Gasteiger partial charge in [-0.15, -0.1) is 0 Å². The number of rotatable bonds is 26. The zero-order valence-electron chi connectivity index (χ0n) is 26.4. The zero-order valence-corrected chi connectivity index (χ0v) is 30.8. The summed E-state index contributed by atoms with van der Waals surface area (Å²) < 4.78 is 0. The molecule has 0 amide bonds. The van der Waals surface area contributed by atoms with Gasteiger partial charge in [0.05, 0.1) is 23.9 Å². The molecule has 8 nitrogen and oxygen atoms in total. The van der Waals surface area contributed by atoms with Crippen LogP contribution in [0.25, 0.3) is 0 Å². The molecule has 0 fully saturated rings. The first-order valence-corrected chi connectivity index (χ1v) is 15.4. The Balaban J connectivity index is -0.000000328. The monoisotopic (exact) mass is 644 g/mol. The Bertz CT molecular complexity index is 689. The van der Waals surface area contributed by atoms with E-state index in [-0.39, 0.29) is 99.5 Å². The van der Waals surface area contributed by atoms with Crippen molar-refractivity contribution in [3.05, 3.63) is 23.3 Å². The molecular formula is C32H52Ca2O8. The Hall–Kier alpha value is -0.121. The molecule has 0 aliphatic heterocycles. The Kier molecular flexibility index (Phi) is 43.0. The van der Waals surface area contributed by atoms with E-state index in [2.05, 4.69) is 13.8 Å². The summed E-state index contributed by atoms with van der Waals surface area (Å²) >= 11 is 0. The maximum atomic E-state index is 10.7. The van der Waals surface area contributed by atoms with E-state index in [4.69, 9.17) is 0 Å². The molecule has 0 aromatic heterocycles. The number of carboxylic acids is 4. The molecule has 0 N–H and O–H groups in total. The Morgan fingerprint density at radius 3 is 0.810 bits per heavy atom. The number of carbonyl (C=O) groups excluding carboxylic acids is 4. The van der Waals surface area contributed by atoms with Gasteiger partial charge >= 0.3 is 75.5 Å². The Morgan fingerprint density at radius 1 is 0.405 bits per heavy atom. The first kappa shape index (κ1) is 48.8. The van der Waals surface area contributed by atoms with Crippen molar-refractivity contribution in [2.24, 2.45) is 0 Å². The number of carbonyl (C=O) groups is 4. The fourth-order valence-corrected chi connectivity index (χ4v) is 4.36. The van der Waals surface area contributed by atoms with Gasteiger partial charge in [0.25, 0.3) is 0 Å². The molecule has 0 saturated carbocycles. The Morgan fingerprint density at radius 2 is 0.619 bits per heavy atom. The predicted molar refractivity (Wildman–Crippen MR) is 161 cm³/mol. The molecule has 10 heteroatoms. The van der Waals surface area contributed by atoms with Gasteiger partial charge in [-0.05, 0) is 49.0 Å². The third kappa shape index (κ3) is 37.9. The molecule has 0 spiro atoms. The first-order valence-electron chi connectivity index (χ1n) is 15.4. The average molecular weight is 645 g/mol. The number of aliphatic carboxylic acids is 4. The maximum absolute atomic E-state index is 10.7. The van der Waals surface area contributed by atoms with Crippen molar-refractivity contribution in [1.29, 1.82) is 0 Å². The fourth-order valence-electron chi connectivity index (χ4n) is 4.36. The number of hydrogen-bond acceptors (Lipinski definition) is 8. The van der Waals surface area contributed by atoms with Crippen LogP contribution < -0.4 is 20.4 Å². The van der Waals surface area contributed by atoms with Crippen molar-refractivity contribution in [3.63, 3.8) is 0 Å². The van der Waals surface area contributed by atoms with Gasteiger partial charge in [0.1, 0.15) is 0 Å². The third-order valence-electron chi connectivity index (χ3n) is 6.71. The molecule has 0 saturated heterocycles. The van der Waals surface area contributed by atoms with E-state index in [0.29, 0.717) is 25.0 Å². The van der Waals surface area contributed by atoms with Crippen molar-refractivity contribution in [1.82, 2.24) is 0 Å². The van der Waals surface area contributed by atoms with E-state index >= 15 is 0 Å². The van der Waals surface area contributed by atoms with Gasteiger partial charge in [0, 0.05) is 0 Å². The largest absolute Gasteiger partial charge is 2.00 e. The van der Waals surface area contributed by atoms with Gasteiger partial charge in [0.15, 0.2) is 0 Å². The number of carboxylic acid groups (broad SMARTS) is 4. The summed E-state index contributed by atoms with van der Waals surface area (Å²) in [5.41, 5.74) is -0.353. The molecule has 0 radical (unpaired) electrons. The second-order valence-corrected chi connectivity index (χ2v) is 10.4. The van der Waals surface area contributed by atoms with E-state index in [1.54, 1.807) is 0 Å². The van der Waals surface area contributed by atoms with Crippen LogP contribution in [0.4, 0.5) is 0 Å². The summed E-state index contributed by atoms with van der Waals surface area (Å²) in [5.74, 6) is -5.78. The van der Waals surface area contributed by atoms with E-state index in [1.165, 1.54) is 77.0 Å². The first-order chi connectivity index (χ1) is 19.1. The smallest absolute Gasteiger partial charge is 0.545 e. The summed E-state index contributed by atoms with van der Waals surface area (Å²) in [6.45, 7) is 4.41. The molecule has 0 rings (SSSR count). The van der Waals surface area contributed by atoms with E-state index in [1.807, 2.05) is 0 Å². The molecule has 42 heavy (non-hydrogen) atoms. The van der Waals surface area contributed by atoms with Crippen LogP contribution in [0.15, 0.2) is 23.3 Å².